The van der Waals surface area contributed by atoms with Crippen molar-refractivity contribution in [3.05, 3.63) is 47.5 Å². The van der Waals surface area contributed by atoms with E-state index in [0.717, 1.165) is 24.2 Å². The number of carbonyl (C=O) groups excluding carboxylic acids is 2. The van der Waals surface area contributed by atoms with E-state index in [9.17, 15) is 9.59 Å². The van der Waals surface area contributed by atoms with Gasteiger partial charge in [-0.05, 0) is 68.7 Å². The SMILES string of the molecule is CCOc1ccc(C(=O)Nc2ccc(OC)c(N3CCCCC3=O)c2)cc1C. The summed E-state index contributed by atoms with van der Waals surface area (Å²) in [5, 5.41) is 2.91. The monoisotopic (exact) mass is 382 g/mol. The Kier molecular flexibility index (Phi) is 6.19. The lowest BCUT2D eigenvalue weighted by Gasteiger charge is -2.28. The Labute approximate surface area is 165 Å². The number of amides is 2. The van der Waals surface area contributed by atoms with Crippen molar-refractivity contribution < 1.29 is 19.1 Å². The molecule has 0 aliphatic carbocycles. The van der Waals surface area contributed by atoms with Crippen LogP contribution in [0.3, 0.4) is 0 Å². The van der Waals surface area contributed by atoms with Crippen LogP contribution in [-0.2, 0) is 4.79 Å². The van der Waals surface area contributed by atoms with E-state index in [1.807, 2.05) is 13.8 Å². The first-order valence-corrected chi connectivity index (χ1v) is 9.56. The second-order valence-corrected chi connectivity index (χ2v) is 6.76. The van der Waals surface area contributed by atoms with Gasteiger partial charge in [-0.15, -0.1) is 0 Å². The minimum absolute atomic E-state index is 0.0789. The van der Waals surface area contributed by atoms with E-state index in [2.05, 4.69) is 5.32 Å². The van der Waals surface area contributed by atoms with Gasteiger partial charge in [-0.25, -0.2) is 0 Å². The number of hydrogen-bond donors (Lipinski definition) is 1. The molecule has 2 aromatic carbocycles. The minimum Gasteiger partial charge on any atom is -0.495 e. The Morgan fingerprint density at radius 3 is 2.61 bits per heavy atom. The van der Waals surface area contributed by atoms with Gasteiger partial charge in [-0.1, -0.05) is 0 Å². The summed E-state index contributed by atoms with van der Waals surface area (Å²) in [5.74, 6) is 1.25. The molecule has 0 unspecified atom stereocenters. The first-order chi connectivity index (χ1) is 13.5. The van der Waals surface area contributed by atoms with Crippen LogP contribution in [0.4, 0.5) is 11.4 Å². The molecule has 0 bridgehead atoms. The number of nitrogens with one attached hydrogen (secondary N) is 1. The summed E-state index contributed by atoms with van der Waals surface area (Å²) in [6.45, 7) is 5.07. The highest BCUT2D eigenvalue weighted by Crippen LogP contribution is 2.33. The van der Waals surface area contributed by atoms with Crippen molar-refractivity contribution in [1.29, 1.82) is 0 Å². The number of nitrogens with zero attached hydrogens (tertiary/aromatic N) is 1. The van der Waals surface area contributed by atoms with E-state index in [1.54, 1.807) is 48.4 Å². The number of benzene rings is 2. The van der Waals surface area contributed by atoms with E-state index in [1.165, 1.54) is 0 Å². The number of ether oxygens (including phenoxy) is 2. The molecule has 0 aromatic heterocycles. The molecule has 6 nitrogen and oxygen atoms in total. The van der Waals surface area contributed by atoms with Crippen molar-refractivity contribution >= 4 is 23.2 Å². The molecule has 1 heterocycles. The van der Waals surface area contributed by atoms with Crippen LogP contribution in [-0.4, -0.2) is 32.1 Å². The molecule has 1 aliphatic heterocycles. The maximum absolute atomic E-state index is 12.7. The van der Waals surface area contributed by atoms with E-state index in [0.29, 0.717) is 42.3 Å². The van der Waals surface area contributed by atoms with Crippen molar-refractivity contribution in [2.45, 2.75) is 33.1 Å². The zero-order valence-corrected chi connectivity index (χ0v) is 16.6. The Bertz CT molecular complexity index is 879. The van der Waals surface area contributed by atoms with Crippen LogP contribution in [0.2, 0.25) is 0 Å². The molecule has 2 aromatic rings. The van der Waals surface area contributed by atoms with Gasteiger partial charge in [0.05, 0.1) is 19.4 Å². The van der Waals surface area contributed by atoms with Crippen LogP contribution in [0.5, 0.6) is 11.5 Å². The van der Waals surface area contributed by atoms with Crippen molar-refractivity contribution in [3.63, 3.8) is 0 Å². The molecular weight excluding hydrogens is 356 g/mol. The summed E-state index contributed by atoms with van der Waals surface area (Å²) >= 11 is 0. The molecular formula is C22H26N2O4. The van der Waals surface area contributed by atoms with Gasteiger partial charge >= 0.3 is 0 Å². The van der Waals surface area contributed by atoms with Crippen LogP contribution in [0.15, 0.2) is 36.4 Å². The van der Waals surface area contributed by atoms with Gasteiger partial charge in [0.25, 0.3) is 5.91 Å². The van der Waals surface area contributed by atoms with Gasteiger partial charge in [0.1, 0.15) is 11.5 Å². The standard InChI is InChI=1S/C22H26N2O4/c1-4-28-19-10-8-16(13-15(19)2)22(26)23-17-9-11-20(27-3)18(14-17)24-12-6-5-7-21(24)25/h8-11,13-14H,4-7,12H2,1-3H3,(H,23,26). The molecule has 28 heavy (non-hydrogen) atoms. The summed E-state index contributed by atoms with van der Waals surface area (Å²) in [7, 11) is 1.58. The normalized spacial score (nSPS) is 14.0. The fourth-order valence-corrected chi connectivity index (χ4v) is 3.35. The Morgan fingerprint density at radius 2 is 1.93 bits per heavy atom. The van der Waals surface area contributed by atoms with Crippen molar-refractivity contribution in [3.8, 4) is 11.5 Å². The zero-order valence-electron chi connectivity index (χ0n) is 16.6. The van der Waals surface area contributed by atoms with Crippen LogP contribution in [0.25, 0.3) is 0 Å². The molecule has 1 fully saturated rings. The second kappa shape index (κ2) is 8.78. The molecule has 148 valence electrons. The predicted octanol–water partition coefficient (Wildman–Crippen LogP) is 4.17. The minimum atomic E-state index is -0.216. The molecule has 6 heteroatoms. The summed E-state index contributed by atoms with van der Waals surface area (Å²) in [4.78, 5) is 26.7. The average Bonchev–Trinajstić information content (AvgIpc) is 2.70. The molecule has 1 aliphatic rings. The molecule has 1 saturated heterocycles. The number of aryl methyl sites for hydroxylation is 1. The molecule has 1 N–H and O–H groups in total. The number of rotatable bonds is 6. The van der Waals surface area contributed by atoms with Gasteiger partial charge in [-0.2, -0.15) is 0 Å². The fourth-order valence-electron chi connectivity index (χ4n) is 3.35. The summed E-state index contributed by atoms with van der Waals surface area (Å²) in [5.41, 5.74) is 2.76. The van der Waals surface area contributed by atoms with Crippen LogP contribution in [0.1, 0.15) is 42.1 Å². The number of anilines is 2. The Hall–Kier alpha value is -3.02. The number of piperidine rings is 1. The number of hydrogen-bond acceptors (Lipinski definition) is 4. The number of carbonyl (C=O) groups is 2. The maximum atomic E-state index is 12.7. The van der Waals surface area contributed by atoms with Crippen molar-refractivity contribution in [1.82, 2.24) is 0 Å². The van der Waals surface area contributed by atoms with E-state index < -0.39 is 0 Å². The molecule has 0 saturated carbocycles. The van der Waals surface area contributed by atoms with Crippen molar-refractivity contribution in [2.24, 2.45) is 0 Å². The van der Waals surface area contributed by atoms with Gasteiger partial charge in [-0.3, -0.25) is 9.59 Å². The molecule has 3 rings (SSSR count). The second-order valence-electron chi connectivity index (χ2n) is 6.76. The highest BCUT2D eigenvalue weighted by molar-refractivity contribution is 6.05. The maximum Gasteiger partial charge on any atom is 0.255 e. The number of methoxy groups -OCH3 is 1. The van der Waals surface area contributed by atoms with E-state index in [-0.39, 0.29) is 11.8 Å². The lowest BCUT2D eigenvalue weighted by atomic mass is 10.1. The Morgan fingerprint density at radius 1 is 1.14 bits per heavy atom. The summed E-state index contributed by atoms with van der Waals surface area (Å²) in [6.07, 6.45) is 2.40. The van der Waals surface area contributed by atoms with Gasteiger partial charge in [0.15, 0.2) is 0 Å². The smallest absolute Gasteiger partial charge is 0.255 e. The van der Waals surface area contributed by atoms with Gasteiger partial charge in [0, 0.05) is 24.2 Å². The third-order valence-electron chi connectivity index (χ3n) is 4.79. The van der Waals surface area contributed by atoms with E-state index in [4.69, 9.17) is 9.47 Å². The zero-order chi connectivity index (χ0) is 20.1. The third-order valence-corrected chi connectivity index (χ3v) is 4.79. The molecule has 0 radical (unpaired) electrons. The van der Waals surface area contributed by atoms with Gasteiger partial charge in [0.2, 0.25) is 5.91 Å². The first kappa shape index (κ1) is 19.7. The van der Waals surface area contributed by atoms with Gasteiger partial charge < -0.3 is 19.7 Å². The highest BCUT2D eigenvalue weighted by Gasteiger charge is 2.23. The van der Waals surface area contributed by atoms with E-state index >= 15 is 0 Å². The van der Waals surface area contributed by atoms with Crippen LogP contribution < -0.4 is 19.7 Å². The average molecular weight is 382 g/mol. The van der Waals surface area contributed by atoms with Crippen molar-refractivity contribution in [2.75, 3.05) is 30.5 Å². The third kappa shape index (κ3) is 4.27. The summed E-state index contributed by atoms with van der Waals surface area (Å²) in [6, 6.07) is 10.7. The molecule has 0 spiro atoms. The molecule has 2 amide bonds. The predicted molar refractivity (Wildman–Crippen MR) is 109 cm³/mol. The van der Waals surface area contributed by atoms with Crippen LogP contribution in [0, 0.1) is 6.92 Å². The first-order valence-electron chi connectivity index (χ1n) is 9.56. The highest BCUT2D eigenvalue weighted by atomic mass is 16.5. The molecule has 0 atom stereocenters. The summed E-state index contributed by atoms with van der Waals surface area (Å²) < 4.78 is 10.9. The van der Waals surface area contributed by atoms with Crippen LogP contribution >= 0.6 is 0 Å². The largest absolute Gasteiger partial charge is 0.495 e. The lowest BCUT2D eigenvalue weighted by molar-refractivity contribution is -0.119. The fraction of sp³-hybridized carbons (Fsp3) is 0.364. The topological polar surface area (TPSA) is 67.9 Å². The Balaban J connectivity index is 1.82. The quantitative estimate of drug-likeness (QED) is 0.814. The lowest BCUT2D eigenvalue weighted by Crippen LogP contribution is -2.35.